The summed E-state index contributed by atoms with van der Waals surface area (Å²) in [6.07, 6.45) is 4.86. The van der Waals surface area contributed by atoms with Crippen molar-refractivity contribution < 1.29 is 28.6 Å². The molecule has 2 aliphatic rings. The number of benzene rings is 2. The van der Waals surface area contributed by atoms with Gasteiger partial charge in [-0.25, -0.2) is 4.79 Å². The first-order chi connectivity index (χ1) is 16.0. The zero-order valence-electron chi connectivity index (χ0n) is 18.6. The van der Waals surface area contributed by atoms with E-state index >= 15 is 0 Å². The lowest BCUT2D eigenvalue weighted by atomic mass is 9.91. The third kappa shape index (κ3) is 5.89. The molecule has 1 saturated carbocycles. The lowest BCUT2D eigenvalue weighted by Gasteiger charge is -2.21. The fourth-order valence-electron chi connectivity index (χ4n) is 4.68. The maximum absolute atomic E-state index is 12.6. The third-order valence-corrected chi connectivity index (χ3v) is 6.24. The summed E-state index contributed by atoms with van der Waals surface area (Å²) in [5.74, 6) is -1.23. The Bertz CT molecular complexity index is 1000. The predicted molar refractivity (Wildman–Crippen MR) is 121 cm³/mol. The molecule has 1 heterocycles. The molecular formula is C27H28O6. The van der Waals surface area contributed by atoms with Crippen molar-refractivity contribution in [3.63, 3.8) is 0 Å². The van der Waals surface area contributed by atoms with E-state index in [1.54, 1.807) is 24.3 Å². The number of hydrogen-bond donors (Lipinski definition) is 0. The van der Waals surface area contributed by atoms with E-state index in [9.17, 15) is 14.4 Å². The molecule has 1 aliphatic heterocycles. The standard InChI is InChI=1S/C27H28O6/c1-18(28)31-21(13-12-19-8-4-2-5-9-19)14-15-22-23-16-26(29)32-25(23)17-24(22)33-27(30)20-10-6-3-7-11-20/h2-11,14-15,21-25H,12-13,16-17H2,1H3/b15-14+/t21?,22?,23-,24?,25+/m1/s1. The summed E-state index contributed by atoms with van der Waals surface area (Å²) in [7, 11) is 0. The van der Waals surface area contributed by atoms with Gasteiger partial charge in [-0.05, 0) is 36.6 Å². The van der Waals surface area contributed by atoms with Gasteiger partial charge in [0.2, 0.25) is 0 Å². The van der Waals surface area contributed by atoms with Crippen LogP contribution in [0, 0.1) is 11.8 Å². The largest absolute Gasteiger partial charge is 0.462 e. The molecule has 1 saturated heterocycles. The first-order valence-electron chi connectivity index (χ1n) is 11.3. The van der Waals surface area contributed by atoms with Crippen LogP contribution in [0.3, 0.4) is 0 Å². The van der Waals surface area contributed by atoms with Crippen molar-refractivity contribution >= 4 is 17.9 Å². The summed E-state index contributed by atoms with van der Waals surface area (Å²) in [5, 5.41) is 0. The SMILES string of the molecule is CC(=O)OC(/C=C/C1C(OC(=O)c2ccccc2)C[C@@H]2OC(=O)C[C@H]12)CCc1ccccc1. The monoisotopic (exact) mass is 448 g/mol. The van der Waals surface area contributed by atoms with Crippen molar-refractivity contribution in [1.82, 2.24) is 0 Å². The van der Waals surface area contributed by atoms with Gasteiger partial charge in [0.05, 0.1) is 12.0 Å². The minimum atomic E-state index is -0.413. The lowest BCUT2D eigenvalue weighted by Crippen LogP contribution is -2.25. The molecule has 0 N–H and O–H groups in total. The Morgan fingerprint density at radius 1 is 1.09 bits per heavy atom. The third-order valence-electron chi connectivity index (χ3n) is 6.24. The summed E-state index contributed by atoms with van der Waals surface area (Å²) < 4.78 is 16.8. The van der Waals surface area contributed by atoms with Crippen LogP contribution in [0.5, 0.6) is 0 Å². The van der Waals surface area contributed by atoms with Crippen LogP contribution >= 0.6 is 0 Å². The second kappa shape index (κ2) is 10.5. The Morgan fingerprint density at radius 2 is 1.79 bits per heavy atom. The van der Waals surface area contributed by atoms with Crippen molar-refractivity contribution in [2.75, 3.05) is 0 Å². The van der Waals surface area contributed by atoms with E-state index in [4.69, 9.17) is 14.2 Å². The molecule has 0 spiro atoms. The Labute approximate surface area is 193 Å². The Morgan fingerprint density at radius 3 is 2.48 bits per heavy atom. The van der Waals surface area contributed by atoms with Crippen LogP contribution in [0.1, 0.15) is 42.1 Å². The molecule has 172 valence electrons. The highest BCUT2D eigenvalue weighted by Crippen LogP contribution is 2.43. The molecule has 6 nitrogen and oxygen atoms in total. The first-order valence-corrected chi connectivity index (χ1v) is 11.3. The van der Waals surface area contributed by atoms with Gasteiger partial charge in [0.1, 0.15) is 18.3 Å². The van der Waals surface area contributed by atoms with Crippen LogP contribution in [-0.4, -0.2) is 36.2 Å². The van der Waals surface area contributed by atoms with E-state index in [-0.39, 0.29) is 29.9 Å². The van der Waals surface area contributed by atoms with E-state index in [2.05, 4.69) is 0 Å². The number of ether oxygens (including phenoxy) is 3. The normalized spacial score (nSPS) is 24.8. The van der Waals surface area contributed by atoms with Gasteiger partial charge < -0.3 is 14.2 Å². The number of carbonyl (C=O) groups excluding carboxylic acids is 3. The molecule has 33 heavy (non-hydrogen) atoms. The molecule has 4 rings (SSSR count). The number of rotatable bonds is 8. The van der Waals surface area contributed by atoms with Crippen LogP contribution in [-0.2, 0) is 30.2 Å². The first kappa shape index (κ1) is 22.8. The van der Waals surface area contributed by atoms with Crippen LogP contribution < -0.4 is 0 Å². The quantitative estimate of drug-likeness (QED) is 0.341. The average Bonchev–Trinajstić information content (AvgIpc) is 3.32. The second-order valence-corrected chi connectivity index (χ2v) is 8.58. The molecule has 0 aromatic heterocycles. The highest BCUT2D eigenvalue weighted by atomic mass is 16.6. The minimum absolute atomic E-state index is 0.0607. The van der Waals surface area contributed by atoms with Gasteiger partial charge in [0, 0.05) is 25.2 Å². The van der Waals surface area contributed by atoms with E-state index in [0.717, 1.165) is 12.0 Å². The molecule has 0 amide bonds. The fourth-order valence-corrected chi connectivity index (χ4v) is 4.68. The molecule has 0 bridgehead atoms. The fraction of sp³-hybridized carbons (Fsp3) is 0.370. The highest BCUT2D eigenvalue weighted by Gasteiger charge is 2.50. The van der Waals surface area contributed by atoms with Crippen LogP contribution in [0.2, 0.25) is 0 Å². The maximum Gasteiger partial charge on any atom is 0.338 e. The molecule has 5 atom stereocenters. The summed E-state index contributed by atoms with van der Waals surface area (Å²) >= 11 is 0. The molecule has 2 aromatic rings. The molecule has 2 fully saturated rings. The Hall–Kier alpha value is -3.41. The van der Waals surface area contributed by atoms with Gasteiger partial charge in [-0.2, -0.15) is 0 Å². The Kier molecular flexibility index (Phi) is 7.23. The van der Waals surface area contributed by atoms with E-state index in [0.29, 0.717) is 24.8 Å². The summed E-state index contributed by atoms with van der Waals surface area (Å²) in [6.45, 7) is 1.39. The van der Waals surface area contributed by atoms with Crippen molar-refractivity contribution in [1.29, 1.82) is 0 Å². The smallest absolute Gasteiger partial charge is 0.338 e. The van der Waals surface area contributed by atoms with E-state index < -0.39 is 18.2 Å². The molecule has 6 heteroatoms. The van der Waals surface area contributed by atoms with E-state index in [1.165, 1.54) is 6.92 Å². The number of esters is 3. The predicted octanol–water partition coefficient (Wildman–Crippen LogP) is 4.28. The van der Waals surface area contributed by atoms with Crippen molar-refractivity contribution in [2.24, 2.45) is 11.8 Å². The van der Waals surface area contributed by atoms with Crippen molar-refractivity contribution in [2.45, 2.75) is 50.9 Å². The molecule has 2 aromatic carbocycles. The summed E-state index contributed by atoms with van der Waals surface area (Å²) in [4.78, 5) is 36.2. The van der Waals surface area contributed by atoms with Crippen LogP contribution in [0.15, 0.2) is 72.8 Å². The van der Waals surface area contributed by atoms with Gasteiger partial charge in [-0.3, -0.25) is 9.59 Å². The van der Waals surface area contributed by atoms with Gasteiger partial charge in [-0.15, -0.1) is 0 Å². The maximum atomic E-state index is 12.6. The second-order valence-electron chi connectivity index (χ2n) is 8.58. The minimum Gasteiger partial charge on any atom is -0.462 e. The topological polar surface area (TPSA) is 78.9 Å². The lowest BCUT2D eigenvalue weighted by molar-refractivity contribution is -0.144. The zero-order valence-corrected chi connectivity index (χ0v) is 18.6. The van der Waals surface area contributed by atoms with Gasteiger partial charge in [0.15, 0.2) is 0 Å². The van der Waals surface area contributed by atoms with Gasteiger partial charge >= 0.3 is 17.9 Å². The van der Waals surface area contributed by atoms with Crippen molar-refractivity contribution in [3.8, 4) is 0 Å². The number of aryl methyl sites for hydroxylation is 1. The average molecular weight is 449 g/mol. The molecule has 0 radical (unpaired) electrons. The molecule has 1 aliphatic carbocycles. The summed E-state index contributed by atoms with van der Waals surface area (Å²) in [5.41, 5.74) is 1.64. The number of carbonyl (C=O) groups is 3. The van der Waals surface area contributed by atoms with Crippen LogP contribution in [0.4, 0.5) is 0 Å². The van der Waals surface area contributed by atoms with Gasteiger partial charge in [0.25, 0.3) is 0 Å². The van der Waals surface area contributed by atoms with Gasteiger partial charge in [-0.1, -0.05) is 54.6 Å². The Balaban J connectivity index is 1.48. The number of fused-ring (bicyclic) bond motifs is 1. The van der Waals surface area contributed by atoms with Crippen LogP contribution in [0.25, 0.3) is 0 Å². The number of hydrogen-bond acceptors (Lipinski definition) is 6. The molecule has 3 unspecified atom stereocenters. The highest BCUT2D eigenvalue weighted by molar-refractivity contribution is 5.89. The zero-order chi connectivity index (χ0) is 23.2. The summed E-state index contributed by atoms with van der Waals surface area (Å²) in [6, 6.07) is 18.8. The van der Waals surface area contributed by atoms with Crippen molar-refractivity contribution in [3.05, 3.63) is 83.9 Å². The van der Waals surface area contributed by atoms with E-state index in [1.807, 2.05) is 48.6 Å². The molecular weight excluding hydrogens is 420 g/mol.